The van der Waals surface area contributed by atoms with E-state index in [2.05, 4.69) is 16.3 Å². The Balaban J connectivity index is 4.55. The van der Waals surface area contributed by atoms with Crippen LogP contribution in [0, 0.1) is 41.7 Å². The van der Waals surface area contributed by atoms with Crippen LogP contribution >= 0.6 is 0 Å². The van der Waals surface area contributed by atoms with Gasteiger partial charge in [0.15, 0.2) is 12.1 Å². The molecule has 96 valence electrons. The van der Waals surface area contributed by atoms with E-state index in [-0.39, 0.29) is 6.61 Å². The lowest BCUT2D eigenvalue weighted by Gasteiger charge is -2.11. The van der Waals surface area contributed by atoms with Crippen molar-refractivity contribution in [3.05, 3.63) is 35.5 Å². The molecule has 0 aromatic carbocycles. The fourth-order valence-corrected chi connectivity index (χ4v) is 1.48. The van der Waals surface area contributed by atoms with Crippen LogP contribution in [0.5, 0.6) is 0 Å². The molecule has 0 aromatic rings. The smallest absolute Gasteiger partial charge is 0.330 e. The number of esters is 1. The monoisotopic (exact) mass is 256 g/mol. The van der Waals surface area contributed by atoms with Crippen LogP contribution in [-0.2, 0) is 9.53 Å². The molecule has 0 aliphatic carbocycles. The molecule has 0 radical (unpaired) electrons. The van der Waals surface area contributed by atoms with Gasteiger partial charge in [0.1, 0.15) is 5.92 Å². The molecule has 0 spiro atoms. The number of nitrogens with zero attached hydrogens (tertiary/aromatic N) is 4. The van der Waals surface area contributed by atoms with E-state index < -0.39 is 24.0 Å². The van der Waals surface area contributed by atoms with Gasteiger partial charge in [0.05, 0.1) is 6.61 Å². The minimum Gasteiger partial charge on any atom is -0.463 e. The van der Waals surface area contributed by atoms with Gasteiger partial charge in [-0.25, -0.2) is 17.9 Å². The SMILES string of the molecule is [C-]#[N+]C(C#N)C(CCCOC(=O)C=C)C(C#N)[N+]#[C-]. The van der Waals surface area contributed by atoms with E-state index in [9.17, 15) is 4.79 Å². The largest absolute Gasteiger partial charge is 0.463 e. The molecule has 6 heteroatoms. The highest BCUT2D eigenvalue weighted by molar-refractivity contribution is 5.81. The summed E-state index contributed by atoms with van der Waals surface area (Å²) < 4.78 is 4.76. The third-order valence-electron chi connectivity index (χ3n) is 2.45. The molecule has 0 saturated heterocycles. The summed E-state index contributed by atoms with van der Waals surface area (Å²) in [5, 5.41) is 17.7. The highest BCUT2D eigenvalue weighted by Crippen LogP contribution is 2.21. The first-order valence-electron chi connectivity index (χ1n) is 5.46. The Bertz CT molecular complexity index is 427. The summed E-state index contributed by atoms with van der Waals surface area (Å²) in [5.41, 5.74) is 0. The second kappa shape index (κ2) is 9.23. The number of carbonyl (C=O) groups excluding carboxylic acids is 1. The standard InChI is InChI=1S/C13H12N4O2/c1-4-13(18)19-7-5-6-10(11(8-14)16-2)12(9-15)17-3/h4,10-12H,1,5-7H2. The number of nitriles is 2. The summed E-state index contributed by atoms with van der Waals surface area (Å²) in [6.07, 6.45) is 1.71. The molecule has 0 saturated carbocycles. The van der Waals surface area contributed by atoms with Crippen molar-refractivity contribution in [2.24, 2.45) is 5.92 Å². The van der Waals surface area contributed by atoms with Crippen molar-refractivity contribution in [1.82, 2.24) is 0 Å². The minimum atomic E-state index is -1.03. The first-order chi connectivity index (χ1) is 9.14. The molecule has 0 fully saturated rings. The van der Waals surface area contributed by atoms with E-state index in [1.807, 2.05) is 0 Å². The number of ether oxygens (including phenoxy) is 1. The molecule has 2 atom stereocenters. The highest BCUT2D eigenvalue weighted by atomic mass is 16.5. The van der Waals surface area contributed by atoms with Gasteiger partial charge in [-0.05, 0) is 12.8 Å². The summed E-state index contributed by atoms with van der Waals surface area (Å²) in [6, 6.07) is 1.51. The molecule has 0 amide bonds. The van der Waals surface area contributed by atoms with Crippen molar-refractivity contribution < 1.29 is 9.53 Å². The Hall–Kier alpha value is -2.83. The second-order valence-electron chi connectivity index (χ2n) is 3.58. The number of carbonyl (C=O) groups is 1. The third kappa shape index (κ3) is 5.35. The molecule has 0 bridgehead atoms. The molecular formula is C13H12N4O2. The Labute approximate surface area is 112 Å². The zero-order valence-electron chi connectivity index (χ0n) is 10.2. The fraction of sp³-hybridized carbons (Fsp3) is 0.462. The van der Waals surface area contributed by atoms with Crippen LogP contribution in [0.4, 0.5) is 0 Å². The molecule has 0 aliphatic heterocycles. The topological polar surface area (TPSA) is 82.6 Å². The highest BCUT2D eigenvalue weighted by Gasteiger charge is 2.38. The molecule has 0 heterocycles. The van der Waals surface area contributed by atoms with Crippen LogP contribution < -0.4 is 0 Å². The fourth-order valence-electron chi connectivity index (χ4n) is 1.48. The van der Waals surface area contributed by atoms with Gasteiger partial charge in [-0.15, -0.1) is 0 Å². The second-order valence-corrected chi connectivity index (χ2v) is 3.58. The first kappa shape index (κ1) is 16.2. The Morgan fingerprint density at radius 1 is 1.32 bits per heavy atom. The summed E-state index contributed by atoms with van der Waals surface area (Å²) >= 11 is 0. The quantitative estimate of drug-likeness (QED) is 0.300. The van der Waals surface area contributed by atoms with E-state index in [4.69, 9.17) is 28.4 Å². The Kier molecular flexibility index (Phi) is 7.85. The molecule has 19 heavy (non-hydrogen) atoms. The predicted molar refractivity (Wildman–Crippen MR) is 65.9 cm³/mol. The normalized spacial score (nSPS) is 13.5. The van der Waals surface area contributed by atoms with Crippen molar-refractivity contribution >= 4 is 5.97 Å². The lowest BCUT2D eigenvalue weighted by molar-refractivity contribution is -0.137. The summed E-state index contributed by atoms with van der Waals surface area (Å²) in [4.78, 5) is 17.1. The van der Waals surface area contributed by atoms with Crippen molar-refractivity contribution in [2.45, 2.75) is 24.9 Å². The minimum absolute atomic E-state index is 0.105. The zero-order valence-corrected chi connectivity index (χ0v) is 10.2. The average molecular weight is 256 g/mol. The molecular weight excluding hydrogens is 244 g/mol. The van der Waals surface area contributed by atoms with Crippen molar-refractivity contribution in [3.63, 3.8) is 0 Å². The van der Waals surface area contributed by atoms with E-state index >= 15 is 0 Å². The van der Waals surface area contributed by atoms with Crippen LogP contribution in [0.3, 0.4) is 0 Å². The Morgan fingerprint density at radius 2 is 1.84 bits per heavy atom. The molecule has 0 rings (SSSR count). The van der Waals surface area contributed by atoms with Gasteiger partial charge < -0.3 is 4.74 Å². The molecule has 0 N–H and O–H groups in total. The maximum absolute atomic E-state index is 10.8. The van der Waals surface area contributed by atoms with Gasteiger partial charge in [0.25, 0.3) is 0 Å². The van der Waals surface area contributed by atoms with Crippen LogP contribution in [-0.4, -0.2) is 24.7 Å². The molecule has 2 unspecified atom stereocenters. The maximum Gasteiger partial charge on any atom is 0.330 e. The van der Waals surface area contributed by atoms with Crippen LogP contribution in [0.2, 0.25) is 0 Å². The van der Waals surface area contributed by atoms with E-state index in [0.29, 0.717) is 12.8 Å². The maximum atomic E-state index is 10.8. The van der Waals surface area contributed by atoms with E-state index in [1.165, 1.54) is 0 Å². The molecule has 0 aromatic heterocycles. The van der Waals surface area contributed by atoms with Crippen molar-refractivity contribution in [3.8, 4) is 12.1 Å². The average Bonchev–Trinajstić information content (AvgIpc) is 2.44. The number of hydrogen-bond donors (Lipinski definition) is 0. The van der Waals surface area contributed by atoms with Gasteiger partial charge in [-0.3, -0.25) is 9.69 Å². The summed E-state index contributed by atoms with van der Waals surface area (Å²) in [5.74, 6) is -1.21. The van der Waals surface area contributed by atoms with Gasteiger partial charge >= 0.3 is 18.1 Å². The van der Waals surface area contributed by atoms with Gasteiger partial charge in [-0.2, -0.15) is 10.5 Å². The van der Waals surface area contributed by atoms with Crippen LogP contribution in [0.25, 0.3) is 9.69 Å². The number of hydrogen-bond acceptors (Lipinski definition) is 4. The van der Waals surface area contributed by atoms with Gasteiger partial charge in [0, 0.05) is 6.08 Å². The summed E-state index contributed by atoms with van der Waals surface area (Å²) in [6.45, 7) is 17.2. The summed E-state index contributed by atoms with van der Waals surface area (Å²) in [7, 11) is 0. The third-order valence-corrected chi connectivity index (χ3v) is 2.45. The molecule has 0 aliphatic rings. The van der Waals surface area contributed by atoms with E-state index in [0.717, 1.165) is 6.08 Å². The molecule has 6 nitrogen and oxygen atoms in total. The predicted octanol–water partition coefficient (Wildman–Crippen LogP) is 1.73. The van der Waals surface area contributed by atoms with Gasteiger partial charge in [-0.1, -0.05) is 6.58 Å². The van der Waals surface area contributed by atoms with E-state index in [1.54, 1.807) is 12.1 Å². The zero-order chi connectivity index (χ0) is 14.7. The first-order valence-corrected chi connectivity index (χ1v) is 5.46. The van der Waals surface area contributed by atoms with Crippen LogP contribution in [0.1, 0.15) is 12.8 Å². The van der Waals surface area contributed by atoms with Crippen molar-refractivity contribution in [2.75, 3.05) is 6.61 Å². The Morgan fingerprint density at radius 3 is 2.21 bits per heavy atom. The van der Waals surface area contributed by atoms with Crippen LogP contribution in [0.15, 0.2) is 12.7 Å². The number of rotatable bonds is 7. The lowest BCUT2D eigenvalue weighted by atomic mass is 9.89. The van der Waals surface area contributed by atoms with Gasteiger partial charge in [0.2, 0.25) is 0 Å². The lowest BCUT2D eigenvalue weighted by Crippen LogP contribution is -2.26. The van der Waals surface area contributed by atoms with Crippen molar-refractivity contribution in [1.29, 1.82) is 10.5 Å².